The van der Waals surface area contributed by atoms with Gasteiger partial charge in [-0.25, -0.2) is 0 Å². The van der Waals surface area contributed by atoms with Crippen molar-refractivity contribution >= 4 is 17.5 Å². The number of carbonyl (C=O) groups excluding carboxylic acids is 1. The van der Waals surface area contributed by atoms with Crippen molar-refractivity contribution in [1.82, 2.24) is 10.6 Å². The van der Waals surface area contributed by atoms with Crippen LogP contribution in [-0.4, -0.2) is 39.8 Å². The molecule has 0 aliphatic heterocycles. The summed E-state index contributed by atoms with van der Waals surface area (Å²) in [6.45, 7) is 1.95. The molecule has 0 aromatic heterocycles. The van der Waals surface area contributed by atoms with E-state index in [-0.39, 0.29) is 12.5 Å². The highest BCUT2D eigenvalue weighted by molar-refractivity contribution is 6.32. The normalized spacial score (nSPS) is 10.3. The zero-order chi connectivity index (χ0) is 14.1. The Labute approximate surface area is 118 Å². The fourth-order valence-electron chi connectivity index (χ4n) is 1.46. The van der Waals surface area contributed by atoms with Gasteiger partial charge in [-0.15, -0.1) is 0 Å². The lowest BCUT2D eigenvalue weighted by atomic mass is 10.2. The molecule has 6 heteroatoms. The summed E-state index contributed by atoms with van der Waals surface area (Å²) in [5.74, 6) is 0.556. The first kappa shape index (κ1) is 15.8. The van der Waals surface area contributed by atoms with Crippen molar-refractivity contribution in [2.24, 2.45) is 0 Å². The van der Waals surface area contributed by atoms with Crippen LogP contribution in [0.25, 0.3) is 0 Å². The van der Waals surface area contributed by atoms with Crippen molar-refractivity contribution in [2.75, 3.05) is 33.9 Å². The number of ether oxygens (including phenoxy) is 2. The van der Waals surface area contributed by atoms with E-state index in [9.17, 15) is 4.79 Å². The molecular formula is C13H19ClN2O3. The van der Waals surface area contributed by atoms with Crippen molar-refractivity contribution in [2.45, 2.75) is 6.54 Å². The number of halogens is 1. The zero-order valence-electron chi connectivity index (χ0n) is 11.2. The SMILES string of the molecule is COCCNCC(=O)NCc1ccc(OC)c(Cl)c1. The molecule has 0 bridgehead atoms. The molecule has 0 fully saturated rings. The average Bonchev–Trinajstić information content (AvgIpc) is 2.41. The van der Waals surface area contributed by atoms with Crippen molar-refractivity contribution in [3.63, 3.8) is 0 Å². The number of rotatable bonds is 8. The largest absolute Gasteiger partial charge is 0.495 e. The lowest BCUT2D eigenvalue weighted by Gasteiger charge is -2.08. The van der Waals surface area contributed by atoms with Crippen LogP contribution in [0.5, 0.6) is 5.75 Å². The lowest BCUT2D eigenvalue weighted by Crippen LogP contribution is -2.34. The number of carbonyl (C=O) groups is 1. The molecule has 2 N–H and O–H groups in total. The second kappa shape index (κ2) is 8.74. The fourth-order valence-corrected chi connectivity index (χ4v) is 1.74. The molecule has 19 heavy (non-hydrogen) atoms. The Morgan fingerprint density at radius 3 is 2.79 bits per heavy atom. The maximum Gasteiger partial charge on any atom is 0.234 e. The van der Waals surface area contributed by atoms with E-state index in [1.54, 1.807) is 26.4 Å². The molecule has 1 rings (SSSR count). The summed E-state index contributed by atoms with van der Waals surface area (Å²) < 4.78 is 9.93. The number of nitrogens with one attached hydrogen (secondary N) is 2. The average molecular weight is 287 g/mol. The second-order valence-electron chi connectivity index (χ2n) is 3.92. The van der Waals surface area contributed by atoms with Gasteiger partial charge in [0.15, 0.2) is 0 Å². The molecular weight excluding hydrogens is 268 g/mol. The third-order valence-electron chi connectivity index (χ3n) is 2.47. The van der Waals surface area contributed by atoms with Crippen LogP contribution >= 0.6 is 11.6 Å². The zero-order valence-corrected chi connectivity index (χ0v) is 11.9. The summed E-state index contributed by atoms with van der Waals surface area (Å²) in [6.07, 6.45) is 0. The van der Waals surface area contributed by atoms with Gasteiger partial charge in [0, 0.05) is 20.2 Å². The van der Waals surface area contributed by atoms with Crippen molar-refractivity contribution in [3.8, 4) is 5.75 Å². The van der Waals surface area contributed by atoms with E-state index in [4.69, 9.17) is 21.1 Å². The summed E-state index contributed by atoms with van der Waals surface area (Å²) in [5.41, 5.74) is 0.927. The van der Waals surface area contributed by atoms with E-state index < -0.39 is 0 Å². The molecule has 5 nitrogen and oxygen atoms in total. The second-order valence-corrected chi connectivity index (χ2v) is 4.32. The summed E-state index contributed by atoms with van der Waals surface area (Å²) >= 11 is 6.00. The Morgan fingerprint density at radius 2 is 2.16 bits per heavy atom. The van der Waals surface area contributed by atoms with Gasteiger partial charge in [0.25, 0.3) is 0 Å². The minimum Gasteiger partial charge on any atom is -0.495 e. The van der Waals surface area contributed by atoms with Gasteiger partial charge in [0.05, 0.1) is 25.3 Å². The van der Waals surface area contributed by atoms with Gasteiger partial charge < -0.3 is 20.1 Å². The standard InChI is InChI=1S/C13H19ClN2O3/c1-18-6-5-15-9-13(17)16-8-10-3-4-12(19-2)11(14)7-10/h3-4,7,15H,5-6,8-9H2,1-2H3,(H,16,17). The molecule has 1 amide bonds. The molecule has 0 aliphatic carbocycles. The number of hydrogen-bond acceptors (Lipinski definition) is 4. The molecule has 1 aromatic rings. The summed E-state index contributed by atoms with van der Waals surface area (Å²) in [7, 11) is 3.18. The van der Waals surface area contributed by atoms with Crippen LogP contribution in [-0.2, 0) is 16.1 Å². The molecule has 0 atom stereocenters. The van der Waals surface area contributed by atoms with E-state index >= 15 is 0 Å². The van der Waals surface area contributed by atoms with E-state index in [0.29, 0.717) is 30.5 Å². The van der Waals surface area contributed by atoms with Crippen LogP contribution in [0.4, 0.5) is 0 Å². The summed E-state index contributed by atoms with van der Waals surface area (Å²) in [4.78, 5) is 11.5. The van der Waals surface area contributed by atoms with Gasteiger partial charge in [-0.3, -0.25) is 4.79 Å². The molecule has 0 heterocycles. The molecule has 1 aromatic carbocycles. The van der Waals surface area contributed by atoms with Crippen LogP contribution in [0.1, 0.15) is 5.56 Å². The highest BCUT2D eigenvalue weighted by atomic mass is 35.5. The Hall–Kier alpha value is -1.30. The highest BCUT2D eigenvalue weighted by Gasteiger charge is 2.04. The topological polar surface area (TPSA) is 59.6 Å². The Morgan fingerprint density at radius 1 is 1.37 bits per heavy atom. The van der Waals surface area contributed by atoms with E-state index in [0.717, 1.165) is 5.56 Å². The van der Waals surface area contributed by atoms with Crippen LogP contribution in [0, 0.1) is 0 Å². The van der Waals surface area contributed by atoms with Gasteiger partial charge in [-0.05, 0) is 17.7 Å². The number of amides is 1. The quantitative estimate of drug-likeness (QED) is 0.705. The highest BCUT2D eigenvalue weighted by Crippen LogP contribution is 2.24. The van der Waals surface area contributed by atoms with E-state index in [1.165, 1.54) is 0 Å². The first-order valence-corrected chi connectivity index (χ1v) is 6.34. The van der Waals surface area contributed by atoms with Crippen molar-refractivity contribution < 1.29 is 14.3 Å². The smallest absolute Gasteiger partial charge is 0.234 e. The van der Waals surface area contributed by atoms with Gasteiger partial charge in [-0.1, -0.05) is 17.7 Å². The van der Waals surface area contributed by atoms with Crippen LogP contribution in [0.3, 0.4) is 0 Å². The van der Waals surface area contributed by atoms with E-state index in [2.05, 4.69) is 10.6 Å². The van der Waals surface area contributed by atoms with Crippen LogP contribution < -0.4 is 15.4 Å². The van der Waals surface area contributed by atoms with Crippen LogP contribution in [0.15, 0.2) is 18.2 Å². The summed E-state index contributed by atoms with van der Waals surface area (Å²) in [6, 6.07) is 5.42. The van der Waals surface area contributed by atoms with Gasteiger partial charge in [0.1, 0.15) is 5.75 Å². The number of benzene rings is 1. The molecule has 0 aliphatic rings. The third-order valence-corrected chi connectivity index (χ3v) is 2.77. The first-order chi connectivity index (χ1) is 9.17. The van der Waals surface area contributed by atoms with Gasteiger partial charge >= 0.3 is 0 Å². The van der Waals surface area contributed by atoms with Gasteiger partial charge in [-0.2, -0.15) is 0 Å². The van der Waals surface area contributed by atoms with Crippen molar-refractivity contribution in [3.05, 3.63) is 28.8 Å². The molecule has 0 spiro atoms. The Bertz CT molecular complexity index is 413. The maximum atomic E-state index is 11.5. The van der Waals surface area contributed by atoms with Gasteiger partial charge in [0.2, 0.25) is 5.91 Å². The molecule has 0 unspecified atom stereocenters. The molecule has 0 radical (unpaired) electrons. The number of hydrogen-bond donors (Lipinski definition) is 2. The monoisotopic (exact) mass is 286 g/mol. The first-order valence-electron chi connectivity index (χ1n) is 5.96. The summed E-state index contributed by atoms with van der Waals surface area (Å²) in [5, 5.41) is 6.30. The van der Waals surface area contributed by atoms with Crippen molar-refractivity contribution in [1.29, 1.82) is 0 Å². The Balaban J connectivity index is 2.32. The lowest BCUT2D eigenvalue weighted by molar-refractivity contribution is -0.120. The molecule has 0 saturated carbocycles. The fraction of sp³-hybridized carbons (Fsp3) is 0.462. The predicted molar refractivity (Wildman–Crippen MR) is 74.6 cm³/mol. The van der Waals surface area contributed by atoms with E-state index in [1.807, 2.05) is 6.07 Å². The molecule has 106 valence electrons. The minimum atomic E-state index is -0.0666. The van der Waals surface area contributed by atoms with Crippen LogP contribution in [0.2, 0.25) is 5.02 Å². The minimum absolute atomic E-state index is 0.0666. The molecule has 0 saturated heterocycles. The predicted octanol–water partition coefficient (Wildman–Crippen LogP) is 1.20. The maximum absolute atomic E-state index is 11.5. The third kappa shape index (κ3) is 5.92. The Kier molecular flexibility index (Phi) is 7.25. The number of methoxy groups -OCH3 is 2.